The zero-order chi connectivity index (χ0) is 18.6. The van der Waals surface area contributed by atoms with Gasteiger partial charge in [-0.2, -0.15) is 0 Å². The van der Waals surface area contributed by atoms with Crippen LogP contribution in [0, 0.1) is 0 Å². The highest BCUT2D eigenvalue weighted by molar-refractivity contribution is 6.30. The molecule has 2 aromatic rings. The Kier molecular flexibility index (Phi) is 5.69. The molecule has 1 saturated carbocycles. The van der Waals surface area contributed by atoms with Crippen LogP contribution in [0.25, 0.3) is 0 Å². The molecule has 3 N–H and O–H groups in total. The van der Waals surface area contributed by atoms with Crippen molar-refractivity contribution in [1.82, 2.24) is 5.32 Å². The predicted octanol–water partition coefficient (Wildman–Crippen LogP) is 3.53. The maximum atomic E-state index is 12.1. The minimum atomic E-state index is -0.924. The Morgan fingerprint density at radius 1 is 1.12 bits per heavy atom. The van der Waals surface area contributed by atoms with E-state index in [4.69, 9.17) is 16.3 Å². The number of amides is 1. The van der Waals surface area contributed by atoms with Crippen molar-refractivity contribution >= 4 is 17.5 Å². The van der Waals surface area contributed by atoms with E-state index in [1.165, 1.54) is 12.1 Å². The lowest BCUT2D eigenvalue weighted by Gasteiger charge is -2.36. The van der Waals surface area contributed by atoms with Crippen LogP contribution in [0.5, 0.6) is 11.5 Å². The van der Waals surface area contributed by atoms with Crippen molar-refractivity contribution in [3.8, 4) is 11.5 Å². The number of phenolic OH excluding ortho intramolecular Hbond substituents is 1. The maximum absolute atomic E-state index is 12.1. The van der Waals surface area contributed by atoms with Crippen molar-refractivity contribution in [2.75, 3.05) is 6.54 Å². The molecule has 0 atom stereocenters. The molecule has 1 amide bonds. The van der Waals surface area contributed by atoms with Crippen molar-refractivity contribution in [1.29, 1.82) is 0 Å². The summed E-state index contributed by atoms with van der Waals surface area (Å²) in [5.74, 6) is 0.614. The Labute approximate surface area is 157 Å². The molecule has 26 heavy (non-hydrogen) atoms. The Morgan fingerprint density at radius 2 is 1.73 bits per heavy atom. The number of halogens is 1. The van der Waals surface area contributed by atoms with Crippen molar-refractivity contribution in [2.24, 2.45) is 0 Å². The molecule has 5 nitrogen and oxygen atoms in total. The number of rotatable bonds is 5. The maximum Gasteiger partial charge on any atom is 0.251 e. The van der Waals surface area contributed by atoms with Crippen molar-refractivity contribution in [2.45, 2.75) is 37.4 Å². The monoisotopic (exact) mass is 375 g/mol. The molecule has 0 aromatic heterocycles. The highest BCUT2D eigenvalue weighted by Crippen LogP contribution is 2.31. The topological polar surface area (TPSA) is 78.8 Å². The van der Waals surface area contributed by atoms with E-state index in [2.05, 4.69) is 5.32 Å². The van der Waals surface area contributed by atoms with Gasteiger partial charge in [0.1, 0.15) is 11.5 Å². The molecule has 0 aliphatic heterocycles. The van der Waals surface area contributed by atoms with Gasteiger partial charge in [-0.1, -0.05) is 11.6 Å². The number of benzene rings is 2. The molecule has 0 spiro atoms. The van der Waals surface area contributed by atoms with E-state index >= 15 is 0 Å². The van der Waals surface area contributed by atoms with Crippen molar-refractivity contribution in [3.63, 3.8) is 0 Å². The lowest BCUT2D eigenvalue weighted by Crippen LogP contribution is -2.46. The molecule has 6 heteroatoms. The molecular formula is C20H22ClNO4. The molecule has 3 rings (SSSR count). The van der Waals surface area contributed by atoms with E-state index in [0.717, 1.165) is 5.75 Å². The summed E-state index contributed by atoms with van der Waals surface area (Å²) in [5.41, 5.74) is -0.474. The summed E-state index contributed by atoms with van der Waals surface area (Å²) in [5, 5.41) is 23.4. The second-order valence-corrected chi connectivity index (χ2v) is 7.16. The lowest BCUT2D eigenvalue weighted by molar-refractivity contribution is -0.0234. The standard InChI is InChI=1S/C20H22ClNO4/c21-15-3-7-17(8-4-15)26-18-9-11-20(25,12-10-18)13-22-19(24)14-1-5-16(23)6-2-14/h1-8,18,23,25H,9-13H2,(H,22,24)/t18-,20-. The normalized spacial score (nSPS) is 22.6. The minimum absolute atomic E-state index is 0.0456. The first kappa shape index (κ1) is 18.5. The number of carbonyl (C=O) groups excluding carboxylic acids is 1. The first-order chi connectivity index (χ1) is 12.4. The summed E-state index contributed by atoms with van der Waals surface area (Å²) in [6, 6.07) is 13.3. The third kappa shape index (κ3) is 4.90. The summed E-state index contributed by atoms with van der Waals surface area (Å²) in [6.07, 6.45) is 2.59. The van der Waals surface area contributed by atoms with E-state index < -0.39 is 5.60 Å². The number of phenols is 1. The van der Waals surface area contributed by atoms with Gasteiger partial charge >= 0.3 is 0 Å². The van der Waals surface area contributed by atoms with Crippen LogP contribution in [0.3, 0.4) is 0 Å². The van der Waals surface area contributed by atoms with Crippen LogP contribution in [0.1, 0.15) is 36.0 Å². The fraction of sp³-hybridized carbons (Fsp3) is 0.350. The molecular weight excluding hydrogens is 354 g/mol. The van der Waals surface area contributed by atoms with Crippen LogP contribution in [0.2, 0.25) is 5.02 Å². The van der Waals surface area contributed by atoms with Crippen LogP contribution in [0.15, 0.2) is 48.5 Å². The number of carbonyl (C=O) groups is 1. The molecule has 0 unspecified atom stereocenters. The predicted molar refractivity (Wildman–Crippen MR) is 99.7 cm³/mol. The number of aromatic hydroxyl groups is 1. The molecule has 2 aromatic carbocycles. The third-order valence-electron chi connectivity index (χ3n) is 4.69. The summed E-state index contributed by atoms with van der Waals surface area (Å²) >= 11 is 5.87. The van der Waals surface area contributed by atoms with E-state index in [1.54, 1.807) is 24.3 Å². The Bertz CT molecular complexity index is 737. The van der Waals surface area contributed by atoms with Gasteiger partial charge in [0.15, 0.2) is 0 Å². The van der Waals surface area contributed by atoms with E-state index in [-0.39, 0.29) is 24.3 Å². The minimum Gasteiger partial charge on any atom is -0.508 e. The molecule has 1 fully saturated rings. The third-order valence-corrected chi connectivity index (χ3v) is 4.94. The number of hydrogen-bond acceptors (Lipinski definition) is 4. The number of nitrogens with one attached hydrogen (secondary N) is 1. The summed E-state index contributed by atoms with van der Waals surface area (Å²) < 4.78 is 5.93. The van der Waals surface area contributed by atoms with Gasteiger partial charge in [0, 0.05) is 17.1 Å². The summed E-state index contributed by atoms with van der Waals surface area (Å²) in [6.45, 7) is 0.195. The molecule has 0 heterocycles. The quantitative estimate of drug-likeness (QED) is 0.747. The fourth-order valence-corrected chi connectivity index (χ4v) is 3.21. The molecule has 1 aliphatic carbocycles. The van der Waals surface area contributed by atoms with Gasteiger partial charge < -0.3 is 20.3 Å². The average Bonchev–Trinajstić information content (AvgIpc) is 2.64. The van der Waals surface area contributed by atoms with Crippen LogP contribution in [0.4, 0.5) is 0 Å². The number of hydrogen-bond donors (Lipinski definition) is 3. The second-order valence-electron chi connectivity index (χ2n) is 6.73. The van der Waals surface area contributed by atoms with Crippen LogP contribution in [-0.2, 0) is 0 Å². The van der Waals surface area contributed by atoms with E-state index in [9.17, 15) is 15.0 Å². The van der Waals surface area contributed by atoms with E-state index in [0.29, 0.717) is 36.3 Å². The Hall–Kier alpha value is -2.24. The molecule has 0 saturated heterocycles. The fourth-order valence-electron chi connectivity index (χ4n) is 3.09. The van der Waals surface area contributed by atoms with Crippen molar-refractivity contribution < 1.29 is 19.7 Å². The summed E-state index contributed by atoms with van der Waals surface area (Å²) in [7, 11) is 0. The van der Waals surface area contributed by atoms with Gasteiger partial charge in [0.2, 0.25) is 0 Å². The van der Waals surface area contributed by atoms with Crippen LogP contribution < -0.4 is 10.1 Å². The zero-order valence-electron chi connectivity index (χ0n) is 14.3. The van der Waals surface area contributed by atoms with Gasteiger partial charge in [-0.15, -0.1) is 0 Å². The summed E-state index contributed by atoms with van der Waals surface area (Å²) in [4.78, 5) is 12.1. The lowest BCUT2D eigenvalue weighted by atomic mass is 9.83. The second kappa shape index (κ2) is 7.98. The zero-order valence-corrected chi connectivity index (χ0v) is 15.1. The van der Waals surface area contributed by atoms with Gasteiger partial charge in [0.25, 0.3) is 5.91 Å². The smallest absolute Gasteiger partial charge is 0.251 e. The molecule has 0 radical (unpaired) electrons. The van der Waals surface area contributed by atoms with Gasteiger partial charge in [-0.05, 0) is 74.2 Å². The first-order valence-electron chi connectivity index (χ1n) is 8.65. The van der Waals surface area contributed by atoms with Crippen LogP contribution in [-0.4, -0.2) is 34.4 Å². The Balaban J connectivity index is 1.47. The molecule has 0 bridgehead atoms. The Morgan fingerprint density at radius 3 is 2.35 bits per heavy atom. The van der Waals surface area contributed by atoms with E-state index in [1.807, 2.05) is 12.1 Å². The highest BCUT2D eigenvalue weighted by atomic mass is 35.5. The molecule has 138 valence electrons. The number of ether oxygens (including phenoxy) is 1. The van der Waals surface area contributed by atoms with Gasteiger partial charge in [0.05, 0.1) is 11.7 Å². The van der Waals surface area contributed by atoms with Gasteiger partial charge in [-0.3, -0.25) is 4.79 Å². The SMILES string of the molecule is O=C(NC[C@]1(O)CC[C@H](Oc2ccc(Cl)cc2)CC1)c1ccc(O)cc1. The average molecular weight is 376 g/mol. The molecule has 1 aliphatic rings. The van der Waals surface area contributed by atoms with Crippen LogP contribution >= 0.6 is 11.6 Å². The number of aliphatic hydroxyl groups is 1. The van der Waals surface area contributed by atoms with Crippen molar-refractivity contribution in [3.05, 3.63) is 59.1 Å². The van der Waals surface area contributed by atoms with Gasteiger partial charge in [-0.25, -0.2) is 0 Å². The highest BCUT2D eigenvalue weighted by Gasteiger charge is 2.34. The first-order valence-corrected chi connectivity index (χ1v) is 9.03. The largest absolute Gasteiger partial charge is 0.508 e.